The summed E-state index contributed by atoms with van der Waals surface area (Å²) in [5.41, 5.74) is 0.917. The molecule has 0 N–H and O–H groups in total. The Labute approximate surface area is 87.9 Å². The van der Waals surface area contributed by atoms with Crippen LogP contribution in [0.5, 0.6) is 0 Å². The van der Waals surface area contributed by atoms with Crippen molar-refractivity contribution in [2.45, 2.75) is 20.8 Å². The normalized spacial score (nSPS) is 9.07. The lowest BCUT2D eigenvalue weighted by Crippen LogP contribution is -1.99. The minimum absolute atomic E-state index is 0.370. The zero-order valence-corrected chi connectivity index (χ0v) is 9.33. The van der Waals surface area contributed by atoms with E-state index < -0.39 is 5.97 Å². The Morgan fingerprint density at radius 3 is 2.79 bits per heavy atom. The summed E-state index contributed by atoms with van der Waals surface area (Å²) < 4.78 is 4.70. The molecule has 0 saturated heterocycles. The van der Waals surface area contributed by atoms with Gasteiger partial charge in [-0.05, 0) is 26.8 Å². The van der Waals surface area contributed by atoms with Crippen LogP contribution in [0.15, 0.2) is 6.07 Å². The number of rotatable bonds is 1. The summed E-state index contributed by atoms with van der Waals surface area (Å²) in [6.45, 7) is 6.15. The monoisotopic (exact) mass is 208 g/mol. The van der Waals surface area contributed by atoms with E-state index in [4.69, 9.17) is 4.74 Å². The predicted molar refractivity (Wildman–Crippen MR) is 57.3 cm³/mol. The van der Waals surface area contributed by atoms with E-state index in [-0.39, 0.29) is 0 Å². The van der Waals surface area contributed by atoms with Gasteiger partial charge in [0.05, 0.1) is 6.61 Å². The summed E-state index contributed by atoms with van der Waals surface area (Å²) in [6.07, 6.45) is 0. The molecule has 0 bridgehead atoms. The Balaban J connectivity index is 2.77. The van der Waals surface area contributed by atoms with Gasteiger partial charge in [-0.2, -0.15) is 0 Å². The first-order valence-electron chi connectivity index (χ1n) is 4.39. The van der Waals surface area contributed by atoms with Crippen molar-refractivity contribution in [2.75, 3.05) is 6.61 Å². The third-order valence-corrected chi connectivity index (χ3v) is 2.58. The average Bonchev–Trinajstić information content (AvgIpc) is 2.42. The predicted octanol–water partition coefficient (Wildman–Crippen LogP) is 2.28. The number of carbonyl (C=O) groups is 1. The highest BCUT2D eigenvalue weighted by Crippen LogP contribution is 2.19. The molecule has 1 aromatic rings. The Bertz CT molecular complexity index is 393. The van der Waals surface area contributed by atoms with E-state index in [9.17, 15) is 4.79 Å². The van der Waals surface area contributed by atoms with Crippen LogP contribution in [0.25, 0.3) is 0 Å². The van der Waals surface area contributed by atoms with Crippen LogP contribution in [0.2, 0.25) is 0 Å². The Hall–Kier alpha value is -1.27. The van der Waals surface area contributed by atoms with Crippen LogP contribution in [0, 0.1) is 25.7 Å². The average molecular weight is 208 g/mol. The van der Waals surface area contributed by atoms with Crippen molar-refractivity contribution in [3.05, 3.63) is 21.4 Å². The summed E-state index contributed by atoms with van der Waals surface area (Å²) >= 11 is 1.68. The second kappa shape index (κ2) is 4.83. The molecule has 1 heterocycles. The van der Waals surface area contributed by atoms with Gasteiger partial charge in [0.1, 0.15) is 0 Å². The first-order valence-corrected chi connectivity index (χ1v) is 5.21. The number of esters is 1. The molecule has 0 atom stereocenters. The molecule has 3 heteroatoms. The highest BCUT2D eigenvalue weighted by atomic mass is 32.1. The fraction of sp³-hybridized carbons (Fsp3) is 0.364. The molecule has 0 amide bonds. The topological polar surface area (TPSA) is 26.3 Å². The number of hydrogen-bond acceptors (Lipinski definition) is 3. The molecule has 0 unspecified atom stereocenters. The molecular formula is C11H12O2S. The quantitative estimate of drug-likeness (QED) is 0.523. The second-order valence-corrected chi connectivity index (χ2v) is 4.26. The van der Waals surface area contributed by atoms with Crippen molar-refractivity contribution in [2.24, 2.45) is 0 Å². The van der Waals surface area contributed by atoms with Crippen LogP contribution in [0.1, 0.15) is 22.2 Å². The standard InChI is InChI=1S/C11H12O2S/c1-4-13-11(12)6-5-10-7-8(2)14-9(10)3/h7H,4H2,1-3H3. The maximum absolute atomic E-state index is 10.9. The summed E-state index contributed by atoms with van der Waals surface area (Å²) in [6, 6.07) is 1.98. The van der Waals surface area contributed by atoms with E-state index in [1.807, 2.05) is 19.9 Å². The molecule has 0 saturated carbocycles. The molecule has 0 spiro atoms. The Morgan fingerprint density at radius 1 is 1.57 bits per heavy atom. The van der Waals surface area contributed by atoms with E-state index in [1.54, 1.807) is 18.3 Å². The summed E-state index contributed by atoms with van der Waals surface area (Å²) in [5, 5.41) is 0. The fourth-order valence-corrected chi connectivity index (χ4v) is 1.92. The first-order chi connectivity index (χ1) is 6.63. The lowest BCUT2D eigenvalue weighted by Gasteiger charge is -1.90. The molecule has 1 aromatic heterocycles. The van der Waals surface area contributed by atoms with Crippen LogP contribution in [-0.2, 0) is 9.53 Å². The van der Waals surface area contributed by atoms with Gasteiger partial charge in [-0.1, -0.05) is 5.92 Å². The van der Waals surface area contributed by atoms with E-state index in [2.05, 4.69) is 11.8 Å². The van der Waals surface area contributed by atoms with Crippen LogP contribution in [0.3, 0.4) is 0 Å². The third-order valence-electron chi connectivity index (χ3n) is 1.62. The van der Waals surface area contributed by atoms with E-state index in [0.29, 0.717) is 6.61 Å². The minimum Gasteiger partial charge on any atom is -0.456 e. The molecule has 74 valence electrons. The smallest absolute Gasteiger partial charge is 0.384 e. The van der Waals surface area contributed by atoms with Gasteiger partial charge in [0.15, 0.2) is 0 Å². The molecule has 0 aliphatic heterocycles. The van der Waals surface area contributed by atoms with Crippen molar-refractivity contribution in [3.63, 3.8) is 0 Å². The third kappa shape index (κ3) is 2.90. The number of thiophene rings is 1. The van der Waals surface area contributed by atoms with Gasteiger partial charge in [0, 0.05) is 21.2 Å². The van der Waals surface area contributed by atoms with E-state index in [0.717, 1.165) is 10.4 Å². The molecule has 0 aromatic carbocycles. The van der Waals surface area contributed by atoms with Gasteiger partial charge in [-0.3, -0.25) is 0 Å². The Morgan fingerprint density at radius 2 is 2.29 bits per heavy atom. The maximum atomic E-state index is 10.9. The van der Waals surface area contributed by atoms with Gasteiger partial charge in [0.2, 0.25) is 0 Å². The lowest BCUT2D eigenvalue weighted by molar-refractivity contribution is -0.136. The van der Waals surface area contributed by atoms with E-state index >= 15 is 0 Å². The number of ether oxygens (including phenoxy) is 1. The highest BCUT2D eigenvalue weighted by Gasteiger charge is 1.99. The van der Waals surface area contributed by atoms with Crippen LogP contribution in [-0.4, -0.2) is 12.6 Å². The van der Waals surface area contributed by atoms with Gasteiger partial charge in [-0.25, -0.2) is 4.79 Å². The van der Waals surface area contributed by atoms with Gasteiger partial charge >= 0.3 is 5.97 Å². The van der Waals surface area contributed by atoms with Crippen molar-refractivity contribution in [1.29, 1.82) is 0 Å². The van der Waals surface area contributed by atoms with Gasteiger partial charge in [0.25, 0.3) is 0 Å². The van der Waals surface area contributed by atoms with Crippen molar-refractivity contribution in [1.82, 2.24) is 0 Å². The largest absolute Gasteiger partial charge is 0.456 e. The first kappa shape index (κ1) is 10.8. The van der Waals surface area contributed by atoms with Crippen LogP contribution < -0.4 is 0 Å². The van der Waals surface area contributed by atoms with Crippen molar-refractivity contribution < 1.29 is 9.53 Å². The van der Waals surface area contributed by atoms with Gasteiger partial charge < -0.3 is 4.74 Å². The molecule has 1 rings (SSSR count). The summed E-state index contributed by atoms with van der Waals surface area (Å²) in [5.74, 6) is 4.79. The fourth-order valence-electron chi connectivity index (χ4n) is 1.04. The molecule has 14 heavy (non-hydrogen) atoms. The molecular weight excluding hydrogens is 196 g/mol. The molecule has 0 radical (unpaired) electrons. The Kier molecular flexibility index (Phi) is 3.73. The summed E-state index contributed by atoms with van der Waals surface area (Å²) in [4.78, 5) is 13.3. The molecule has 0 aliphatic rings. The number of hydrogen-bond donors (Lipinski definition) is 0. The zero-order chi connectivity index (χ0) is 10.6. The van der Waals surface area contributed by atoms with Crippen molar-refractivity contribution >= 4 is 17.3 Å². The minimum atomic E-state index is -0.462. The van der Waals surface area contributed by atoms with Gasteiger partial charge in [-0.15, -0.1) is 11.3 Å². The van der Waals surface area contributed by atoms with Crippen LogP contribution in [0.4, 0.5) is 0 Å². The van der Waals surface area contributed by atoms with Crippen molar-refractivity contribution in [3.8, 4) is 11.8 Å². The second-order valence-electron chi connectivity index (χ2n) is 2.80. The summed E-state index contributed by atoms with van der Waals surface area (Å²) in [7, 11) is 0. The molecule has 0 fully saturated rings. The number of aryl methyl sites for hydroxylation is 2. The molecule has 2 nitrogen and oxygen atoms in total. The molecule has 0 aliphatic carbocycles. The highest BCUT2D eigenvalue weighted by molar-refractivity contribution is 7.12. The SMILES string of the molecule is CCOC(=O)C#Cc1cc(C)sc1C. The van der Waals surface area contributed by atoms with Crippen LogP contribution >= 0.6 is 11.3 Å². The lowest BCUT2D eigenvalue weighted by atomic mass is 10.2. The zero-order valence-electron chi connectivity index (χ0n) is 8.51. The maximum Gasteiger partial charge on any atom is 0.384 e. The number of carbonyl (C=O) groups excluding carboxylic acids is 1. The van der Waals surface area contributed by atoms with E-state index in [1.165, 1.54) is 4.88 Å².